The van der Waals surface area contributed by atoms with Gasteiger partial charge in [0, 0.05) is 30.6 Å². The molecule has 1 aromatic carbocycles. The van der Waals surface area contributed by atoms with Gasteiger partial charge < -0.3 is 5.73 Å². The van der Waals surface area contributed by atoms with E-state index < -0.39 is 23.5 Å². The molecule has 3 fully saturated rings. The van der Waals surface area contributed by atoms with Crippen LogP contribution in [0.2, 0.25) is 0 Å². The molecule has 3 saturated carbocycles. The van der Waals surface area contributed by atoms with Crippen molar-refractivity contribution in [2.75, 3.05) is 5.73 Å². The number of aromatic nitrogens is 4. The quantitative estimate of drug-likeness (QED) is 0.285. The molecule has 1 atom stereocenters. The Hall–Kier alpha value is -4.29. The minimum atomic E-state index is -4.58. The largest absolute Gasteiger partial charge is 0.417 e. The summed E-state index contributed by atoms with van der Waals surface area (Å²) in [5.41, 5.74) is 8.16. The zero-order chi connectivity index (χ0) is 28.3. The number of carbonyl (C=O) groups excluding carboxylic acids is 2. The molecule has 3 heterocycles. The van der Waals surface area contributed by atoms with Gasteiger partial charge in [0.05, 0.1) is 46.0 Å². The number of nitrogens with zero attached hydrogens (tertiary/aromatic N) is 5. The molecule has 0 saturated heterocycles. The topological polar surface area (TPSA) is 119 Å². The summed E-state index contributed by atoms with van der Waals surface area (Å²) in [6.07, 6.45) is 1.07. The van der Waals surface area contributed by atoms with E-state index in [1.54, 1.807) is 7.05 Å². The predicted octanol–water partition coefficient (Wildman–Crippen LogP) is 4.37. The Kier molecular flexibility index (Phi) is 6.11. The number of hydrogen-bond acceptors (Lipinski definition) is 6. The van der Waals surface area contributed by atoms with Gasteiger partial charge in [0.15, 0.2) is 0 Å². The maximum absolute atomic E-state index is 15.4. The molecule has 0 unspecified atom stereocenters. The third-order valence-corrected chi connectivity index (χ3v) is 8.05. The first-order valence-electron chi connectivity index (χ1n) is 12.8. The van der Waals surface area contributed by atoms with Crippen LogP contribution in [0.15, 0.2) is 36.7 Å². The van der Waals surface area contributed by atoms with Crippen LogP contribution in [0.1, 0.15) is 47.3 Å². The van der Waals surface area contributed by atoms with Gasteiger partial charge in [0.25, 0.3) is 5.91 Å². The lowest BCUT2D eigenvalue weighted by Crippen LogP contribution is -2.52. The summed E-state index contributed by atoms with van der Waals surface area (Å²) >= 11 is 0. The van der Waals surface area contributed by atoms with Crippen LogP contribution in [0.25, 0.3) is 21.8 Å². The number of nitrogens with one attached hydrogen (secondary N) is 1. The highest BCUT2D eigenvalue weighted by Crippen LogP contribution is 2.49. The number of fused-ring (bicyclic) bond motifs is 5. The Morgan fingerprint density at radius 2 is 1.93 bits per heavy atom. The Balaban J connectivity index is 1.37. The molecule has 3 aliphatic carbocycles. The van der Waals surface area contributed by atoms with E-state index in [-0.39, 0.29) is 46.9 Å². The highest BCUT2D eigenvalue weighted by atomic mass is 19.4. The van der Waals surface area contributed by atoms with Crippen LogP contribution in [-0.2, 0) is 24.6 Å². The standard InChI is InChI=1S/C27H25F4N7O2/c1-37-23-19-8-18(21(28)9-22(19)35-24(32)20(23)11-34-37)26(40)38(12-16-4-3-15(10-33-16)27(29,30)31)36-25(39)17-5-2-13-6-14(17)7-13/h3-4,8-11,13-14,17H,2,5-7,12H2,1H3,(H2,32,35)(H,36,39)/t13?,14?,17-/m1/s1. The molecule has 0 spiro atoms. The first kappa shape index (κ1) is 26.0. The van der Waals surface area contributed by atoms with Crippen LogP contribution in [0, 0.1) is 23.6 Å². The van der Waals surface area contributed by atoms with E-state index >= 15 is 4.39 Å². The molecule has 3 aromatic heterocycles. The number of benzene rings is 1. The summed E-state index contributed by atoms with van der Waals surface area (Å²) in [4.78, 5) is 35.1. The van der Waals surface area contributed by atoms with E-state index in [1.165, 1.54) is 16.9 Å². The minimum absolute atomic E-state index is 0.0821. The van der Waals surface area contributed by atoms with E-state index in [9.17, 15) is 22.8 Å². The van der Waals surface area contributed by atoms with Gasteiger partial charge in [-0.15, -0.1) is 0 Å². The molecule has 3 N–H and O–H groups in total. The molecule has 4 aromatic rings. The zero-order valence-corrected chi connectivity index (χ0v) is 21.4. The van der Waals surface area contributed by atoms with Gasteiger partial charge in [-0.25, -0.2) is 14.4 Å². The first-order valence-corrected chi connectivity index (χ1v) is 12.8. The SMILES string of the molecule is Cn1ncc2c(N)nc3cc(F)c(C(=O)N(Cc4ccc(C(F)(F)F)cn4)NC(=O)[C@@H]4CCC5CC4C5)cc3c21. The van der Waals surface area contributed by atoms with E-state index in [2.05, 4.69) is 20.5 Å². The van der Waals surface area contributed by atoms with Crippen LogP contribution in [0.3, 0.4) is 0 Å². The lowest BCUT2D eigenvalue weighted by Gasteiger charge is -2.46. The Morgan fingerprint density at radius 1 is 1.15 bits per heavy atom. The van der Waals surface area contributed by atoms with Crippen LogP contribution in [0.5, 0.6) is 0 Å². The van der Waals surface area contributed by atoms with Gasteiger partial charge in [-0.2, -0.15) is 18.3 Å². The van der Waals surface area contributed by atoms with Crippen LogP contribution >= 0.6 is 0 Å². The van der Waals surface area contributed by atoms with Crippen molar-refractivity contribution in [2.45, 2.75) is 38.4 Å². The fourth-order valence-corrected chi connectivity index (χ4v) is 5.86. The number of carbonyl (C=O) groups is 2. The van der Waals surface area contributed by atoms with Crippen LogP contribution in [-0.4, -0.2) is 36.6 Å². The highest BCUT2D eigenvalue weighted by Gasteiger charge is 2.43. The van der Waals surface area contributed by atoms with Gasteiger partial charge in [-0.05, 0) is 55.7 Å². The highest BCUT2D eigenvalue weighted by molar-refractivity contribution is 6.10. The van der Waals surface area contributed by atoms with E-state index in [0.717, 1.165) is 42.5 Å². The summed E-state index contributed by atoms with van der Waals surface area (Å²) in [5, 5.41) is 6.04. The van der Waals surface area contributed by atoms with Gasteiger partial charge in [0.2, 0.25) is 5.91 Å². The number of hydrogen-bond donors (Lipinski definition) is 2. The second kappa shape index (κ2) is 9.42. The lowest BCUT2D eigenvalue weighted by molar-refractivity contribution is -0.138. The number of rotatable bonds is 4. The molecule has 7 rings (SSSR count). The van der Waals surface area contributed by atoms with Gasteiger partial charge in [0.1, 0.15) is 11.6 Å². The Morgan fingerprint density at radius 3 is 2.58 bits per heavy atom. The number of aryl methyl sites for hydroxylation is 1. The third-order valence-electron chi connectivity index (χ3n) is 8.05. The van der Waals surface area contributed by atoms with E-state index in [0.29, 0.717) is 34.8 Å². The summed E-state index contributed by atoms with van der Waals surface area (Å²) < 4.78 is 56.0. The van der Waals surface area contributed by atoms with Crippen molar-refractivity contribution in [1.82, 2.24) is 30.2 Å². The van der Waals surface area contributed by atoms with Crippen molar-refractivity contribution in [3.05, 3.63) is 59.3 Å². The molecule has 3 aliphatic rings. The number of alkyl halides is 3. The van der Waals surface area contributed by atoms with Crippen molar-refractivity contribution in [1.29, 1.82) is 0 Å². The number of nitrogens with two attached hydrogens (primary N) is 1. The molecule has 2 bridgehead atoms. The molecular formula is C27H25F4N7O2. The lowest BCUT2D eigenvalue weighted by atomic mass is 9.60. The van der Waals surface area contributed by atoms with Crippen molar-refractivity contribution in [2.24, 2.45) is 24.8 Å². The van der Waals surface area contributed by atoms with Gasteiger partial charge in [-0.1, -0.05) is 0 Å². The number of halogens is 4. The summed E-state index contributed by atoms with van der Waals surface area (Å²) in [6, 6.07) is 4.36. The number of pyridine rings is 2. The number of nitrogen functional groups attached to an aromatic ring is 1. The normalized spacial score (nSPS) is 20.4. The van der Waals surface area contributed by atoms with E-state index in [1.807, 2.05) is 0 Å². The van der Waals surface area contributed by atoms with Gasteiger partial charge >= 0.3 is 6.18 Å². The Labute approximate surface area is 225 Å². The summed E-state index contributed by atoms with van der Waals surface area (Å²) in [7, 11) is 1.67. The van der Waals surface area contributed by atoms with Crippen molar-refractivity contribution >= 4 is 39.4 Å². The van der Waals surface area contributed by atoms with Crippen LogP contribution < -0.4 is 11.2 Å². The minimum Gasteiger partial charge on any atom is -0.383 e. The van der Waals surface area contributed by atoms with E-state index in [4.69, 9.17) is 5.73 Å². The molecule has 9 nitrogen and oxygen atoms in total. The smallest absolute Gasteiger partial charge is 0.383 e. The van der Waals surface area contributed by atoms with Crippen molar-refractivity contribution < 1.29 is 27.2 Å². The molecule has 40 heavy (non-hydrogen) atoms. The first-order chi connectivity index (χ1) is 19.0. The number of hydrazine groups is 1. The number of anilines is 1. The average Bonchev–Trinajstić information content (AvgIpc) is 3.29. The molecular weight excluding hydrogens is 530 g/mol. The average molecular weight is 556 g/mol. The molecule has 0 radical (unpaired) electrons. The second-order valence-corrected chi connectivity index (χ2v) is 10.6. The maximum Gasteiger partial charge on any atom is 0.417 e. The number of amides is 2. The molecule has 208 valence electrons. The third kappa shape index (κ3) is 4.48. The maximum atomic E-state index is 15.4. The van der Waals surface area contributed by atoms with Gasteiger partial charge in [-0.3, -0.25) is 24.7 Å². The fraction of sp³-hybridized carbons (Fsp3) is 0.370. The van der Waals surface area contributed by atoms with Crippen molar-refractivity contribution in [3.8, 4) is 0 Å². The molecule has 2 amide bonds. The van der Waals surface area contributed by atoms with Crippen LogP contribution in [0.4, 0.5) is 23.4 Å². The predicted molar refractivity (Wildman–Crippen MR) is 137 cm³/mol. The Bertz CT molecular complexity index is 1640. The second-order valence-electron chi connectivity index (χ2n) is 10.6. The molecule has 0 aliphatic heterocycles. The summed E-state index contributed by atoms with van der Waals surface area (Å²) in [6.45, 7) is -0.374. The summed E-state index contributed by atoms with van der Waals surface area (Å²) in [5.74, 6) is -1.47. The molecule has 13 heteroatoms. The van der Waals surface area contributed by atoms with Crippen molar-refractivity contribution in [3.63, 3.8) is 0 Å². The monoisotopic (exact) mass is 555 g/mol. The fourth-order valence-electron chi connectivity index (χ4n) is 5.86. The zero-order valence-electron chi connectivity index (χ0n) is 21.4.